The summed E-state index contributed by atoms with van der Waals surface area (Å²) in [4.78, 5) is 70.2. The quantitative estimate of drug-likeness (QED) is 0.224. The summed E-state index contributed by atoms with van der Waals surface area (Å²) < 4.78 is 33.5. The third-order valence-corrected chi connectivity index (χ3v) is 7.37. The van der Waals surface area contributed by atoms with Crippen LogP contribution in [0, 0.1) is 18.8 Å². The molecule has 1 unspecified atom stereocenters. The van der Waals surface area contributed by atoms with Crippen molar-refractivity contribution >= 4 is 46.5 Å². The van der Waals surface area contributed by atoms with Crippen LogP contribution in [0.3, 0.4) is 0 Å². The SMILES string of the molecule is Cc1oc(=O)oc1COC(=O)NC1=CC(=O)Nc2ncnc3c2c1cn3[C@@H]1O[C@H](COC(=O)C(C)C)[C@@H](OC(=O)C(C)C)C1(C)O. The number of rotatable bonds is 9. The van der Waals surface area contributed by atoms with Crippen LogP contribution in [0.5, 0.6) is 0 Å². The van der Waals surface area contributed by atoms with Crippen LogP contribution in [-0.2, 0) is 39.9 Å². The van der Waals surface area contributed by atoms with Gasteiger partial charge in [0, 0.05) is 17.8 Å². The molecule has 3 aromatic heterocycles. The van der Waals surface area contributed by atoms with Crippen LogP contribution in [0.25, 0.3) is 16.7 Å². The number of carbonyl (C=O) groups is 4. The first kappa shape index (κ1) is 32.4. The number of alkyl carbamates (subject to hydrolysis) is 1. The van der Waals surface area contributed by atoms with Crippen LogP contribution < -0.4 is 16.5 Å². The van der Waals surface area contributed by atoms with E-state index in [1.807, 2.05) is 0 Å². The molecule has 0 saturated carbocycles. The molecule has 3 N–H and O–H groups in total. The first-order chi connectivity index (χ1) is 21.7. The van der Waals surface area contributed by atoms with Crippen LogP contribution >= 0.6 is 0 Å². The number of hydrogen-bond acceptors (Lipinski definition) is 14. The van der Waals surface area contributed by atoms with Gasteiger partial charge in [-0.05, 0) is 13.8 Å². The summed E-state index contributed by atoms with van der Waals surface area (Å²) in [5, 5.41) is 17.3. The van der Waals surface area contributed by atoms with Crippen molar-refractivity contribution in [1.82, 2.24) is 19.9 Å². The Morgan fingerprint density at radius 3 is 2.48 bits per heavy atom. The van der Waals surface area contributed by atoms with E-state index in [4.69, 9.17) is 27.8 Å². The molecule has 17 nitrogen and oxygen atoms in total. The number of nitrogens with zero attached hydrogens (tertiary/aromatic N) is 3. The van der Waals surface area contributed by atoms with E-state index in [0.717, 1.165) is 6.08 Å². The summed E-state index contributed by atoms with van der Waals surface area (Å²) in [5.41, 5.74) is -1.49. The Labute approximate surface area is 260 Å². The number of hydrogen-bond donors (Lipinski definition) is 3. The van der Waals surface area contributed by atoms with E-state index in [-0.39, 0.29) is 46.2 Å². The number of esters is 2. The molecule has 17 heteroatoms. The zero-order valence-corrected chi connectivity index (χ0v) is 25.8. The highest BCUT2D eigenvalue weighted by molar-refractivity contribution is 6.14. The smallest absolute Gasteiger partial charge is 0.463 e. The lowest BCUT2D eigenvalue weighted by Crippen LogP contribution is -2.48. The minimum atomic E-state index is -1.90. The molecule has 2 aliphatic heterocycles. The number of ether oxygens (including phenoxy) is 4. The van der Waals surface area contributed by atoms with Gasteiger partial charge in [-0.15, -0.1) is 0 Å². The number of amides is 2. The fraction of sp³-hybridized carbons (Fsp3) is 0.483. The van der Waals surface area contributed by atoms with E-state index < -0.39 is 72.2 Å². The second kappa shape index (κ2) is 12.4. The van der Waals surface area contributed by atoms with Crippen molar-refractivity contribution < 1.29 is 52.1 Å². The molecule has 1 saturated heterocycles. The maximum absolute atomic E-state index is 12.8. The maximum Gasteiger partial charge on any atom is 0.519 e. The Morgan fingerprint density at radius 2 is 1.83 bits per heavy atom. The zero-order valence-electron chi connectivity index (χ0n) is 25.8. The highest BCUT2D eigenvalue weighted by Gasteiger charge is 2.57. The van der Waals surface area contributed by atoms with Gasteiger partial charge in [-0.2, -0.15) is 0 Å². The van der Waals surface area contributed by atoms with E-state index in [0.29, 0.717) is 0 Å². The average Bonchev–Trinajstić information content (AvgIpc) is 3.57. The van der Waals surface area contributed by atoms with E-state index in [1.54, 1.807) is 27.7 Å². The predicted octanol–water partition coefficient (Wildman–Crippen LogP) is 1.92. The summed E-state index contributed by atoms with van der Waals surface area (Å²) in [6.07, 6.45) is -0.854. The Balaban J connectivity index is 1.50. The highest BCUT2D eigenvalue weighted by atomic mass is 16.6. The third-order valence-electron chi connectivity index (χ3n) is 7.37. The van der Waals surface area contributed by atoms with Gasteiger partial charge in [0.25, 0.3) is 5.91 Å². The van der Waals surface area contributed by atoms with E-state index in [2.05, 4.69) is 20.6 Å². The largest absolute Gasteiger partial charge is 0.519 e. The lowest BCUT2D eigenvalue weighted by molar-refractivity contribution is -0.169. The van der Waals surface area contributed by atoms with Gasteiger partial charge in [0.05, 0.1) is 22.9 Å². The highest BCUT2D eigenvalue weighted by Crippen LogP contribution is 2.44. The van der Waals surface area contributed by atoms with E-state index in [9.17, 15) is 29.1 Å². The van der Waals surface area contributed by atoms with Crippen molar-refractivity contribution in [3.05, 3.63) is 46.3 Å². The van der Waals surface area contributed by atoms with Gasteiger partial charge in [0.15, 0.2) is 30.5 Å². The van der Waals surface area contributed by atoms with Gasteiger partial charge >= 0.3 is 23.9 Å². The summed E-state index contributed by atoms with van der Waals surface area (Å²) in [6, 6.07) is 0. The zero-order chi connectivity index (χ0) is 33.5. The summed E-state index contributed by atoms with van der Waals surface area (Å²) in [6.45, 7) is 8.69. The van der Waals surface area contributed by atoms with Gasteiger partial charge in [-0.3, -0.25) is 19.7 Å². The number of aromatic nitrogens is 3. The third kappa shape index (κ3) is 6.23. The monoisotopic (exact) mass is 643 g/mol. The van der Waals surface area contributed by atoms with Crippen LogP contribution in [0.4, 0.5) is 10.6 Å². The van der Waals surface area contributed by atoms with Crippen LogP contribution in [0.15, 0.2) is 32.2 Å². The van der Waals surface area contributed by atoms with Gasteiger partial charge < -0.3 is 42.8 Å². The Bertz CT molecular complexity index is 1780. The molecule has 4 atom stereocenters. The molecular weight excluding hydrogens is 610 g/mol. The van der Waals surface area contributed by atoms with Crippen LogP contribution in [0.2, 0.25) is 0 Å². The lowest BCUT2D eigenvalue weighted by atomic mass is 9.96. The lowest BCUT2D eigenvalue weighted by Gasteiger charge is -2.30. The normalized spacial score (nSPS) is 22.4. The molecule has 2 aliphatic rings. The van der Waals surface area contributed by atoms with Gasteiger partial charge in [-0.1, -0.05) is 27.7 Å². The number of nitrogens with one attached hydrogen (secondary N) is 2. The predicted molar refractivity (Wildman–Crippen MR) is 154 cm³/mol. The molecule has 0 spiro atoms. The Morgan fingerprint density at radius 1 is 1.11 bits per heavy atom. The maximum atomic E-state index is 12.8. The average molecular weight is 644 g/mol. The van der Waals surface area contributed by atoms with Crippen LogP contribution in [-0.4, -0.2) is 68.0 Å². The number of aliphatic hydroxyl groups is 1. The van der Waals surface area contributed by atoms with Crippen molar-refractivity contribution in [3.63, 3.8) is 0 Å². The molecular formula is C29H33N5O12. The summed E-state index contributed by atoms with van der Waals surface area (Å²) >= 11 is 0. The standard InChI is InChI=1S/C29H33N5O12/c1-12(2)24(36)41-10-18-21(46-25(37)13(3)4)29(6,40)26(44-18)34-8-15-16(7-19(35)33-22-20(15)23(34)31-11-30-22)32-27(38)42-9-17-14(5)43-28(39)45-17/h7-8,11-13,18,21,26,40H,9-10H2,1-6H3,(H,32,38)(H,30,31,33,35)/t18-,21-,26-,29?/m1/s1. The number of anilines is 1. The first-order valence-corrected chi connectivity index (χ1v) is 14.3. The minimum absolute atomic E-state index is 0.00184. The minimum Gasteiger partial charge on any atom is -0.463 e. The fourth-order valence-electron chi connectivity index (χ4n) is 4.96. The van der Waals surface area contributed by atoms with E-state index >= 15 is 0 Å². The molecule has 3 aromatic rings. The summed E-state index contributed by atoms with van der Waals surface area (Å²) in [7, 11) is 0. The van der Waals surface area contributed by atoms with Crippen molar-refractivity contribution in [2.75, 3.05) is 11.9 Å². The van der Waals surface area contributed by atoms with Crippen molar-refractivity contribution in [1.29, 1.82) is 0 Å². The molecule has 5 heterocycles. The summed E-state index contributed by atoms with van der Waals surface area (Å²) in [5.74, 6) is -3.42. The number of carbonyl (C=O) groups excluding carboxylic acids is 4. The molecule has 0 bridgehead atoms. The molecule has 246 valence electrons. The molecule has 5 rings (SSSR count). The molecule has 0 radical (unpaired) electrons. The van der Waals surface area contributed by atoms with Crippen molar-refractivity contribution in [3.8, 4) is 0 Å². The Hall–Kier alpha value is -5.03. The molecule has 2 amide bonds. The van der Waals surface area contributed by atoms with Crippen LogP contribution in [0.1, 0.15) is 57.9 Å². The first-order valence-electron chi connectivity index (χ1n) is 14.3. The second-order valence-electron chi connectivity index (χ2n) is 11.6. The van der Waals surface area contributed by atoms with Gasteiger partial charge in [0.1, 0.15) is 36.1 Å². The van der Waals surface area contributed by atoms with Gasteiger partial charge in [0.2, 0.25) is 0 Å². The van der Waals surface area contributed by atoms with Gasteiger partial charge in [-0.25, -0.2) is 19.6 Å². The van der Waals surface area contributed by atoms with Crippen molar-refractivity contribution in [2.24, 2.45) is 11.8 Å². The second-order valence-corrected chi connectivity index (χ2v) is 11.6. The molecule has 0 aliphatic carbocycles. The molecule has 1 fully saturated rings. The Kier molecular flexibility index (Phi) is 8.72. The molecule has 0 aromatic carbocycles. The van der Waals surface area contributed by atoms with E-state index in [1.165, 1.54) is 30.9 Å². The molecule has 46 heavy (non-hydrogen) atoms. The topological polar surface area (TPSA) is 224 Å². The van der Waals surface area contributed by atoms with Crippen molar-refractivity contribution in [2.45, 2.75) is 72.2 Å². The fourth-order valence-corrected chi connectivity index (χ4v) is 4.96. The number of aryl methyl sites for hydroxylation is 1.